The van der Waals surface area contributed by atoms with Gasteiger partial charge in [0.1, 0.15) is 17.4 Å². The van der Waals surface area contributed by atoms with Gasteiger partial charge in [-0.05, 0) is 66.8 Å². The van der Waals surface area contributed by atoms with Crippen LogP contribution in [0.3, 0.4) is 0 Å². The van der Waals surface area contributed by atoms with Crippen molar-refractivity contribution in [2.24, 2.45) is 0 Å². The molecule has 0 fully saturated rings. The summed E-state index contributed by atoms with van der Waals surface area (Å²) < 4.78 is 86.3. The fourth-order valence-electron chi connectivity index (χ4n) is 5.95. The molecule has 4 aromatic rings. The average Bonchev–Trinajstić information content (AvgIpc) is 3.41. The van der Waals surface area contributed by atoms with Gasteiger partial charge in [0.15, 0.2) is 0 Å². The van der Waals surface area contributed by atoms with Crippen LogP contribution in [0.25, 0.3) is 22.2 Å². The minimum atomic E-state index is -3.16. The maximum atomic E-state index is 15.6. The van der Waals surface area contributed by atoms with Crippen LogP contribution in [0.5, 0.6) is 5.75 Å². The molecule has 2 aliphatic rings. The summed E-state index contributed by atoms with van der Waals surface area (Å²) in [6, 6.07) is 11.2. The van der Waals surface area contributed by atoms with Gasteiger partial charge in [-0.3, -0.25) is 4.79 Å². The summed E-state index contributed by atoms with van der Waals surface area (Å²) in [5.41, 5.74) is 2.77. The molecule has 2 aliphatic heterocycles. The molecule has 3 atom stereocenters. The first kappa shape index (κ1) is 23.2. The predicted octanol–water partition coefficient (Wildman–Crippen LogP) is 7.56. The van der Waals surface area contributed by atoms with Crippen LogP contribution in [0.15, 0.2) is 48.5 Å². The van der Waals surface area contributed by atoms with Crippen LogP contribution < -0.4 is 4.74 Å². The number of benzene rings is 3. The topological polar surface area (TPSA) is 64.4 Å². The number of hydrogen-bond donors (Lipinski definition) is 0. The second-order valence-electron chi connectivity index (χ2n) is 10.8. The smallest absolute Gasteiger partial charge is 0.387 e. The standard InChI is InChI=1S/C30H29F3N3O3P/c1-15-18(10-11-19(27(15)31)16(2)40(4,5)38)17-9-12-21-22(13-17)36-23-14-24(28(36)34-21)35(3)29(37)20-7-6-8-25(26(20)23)39-30(32)33/h6-13,16,23-24,30H,14H2,1-5H3/t16-,23-,24-/m1/s1/i3D3. The highest BCUT2D eigenvalue weighted by molar-refractivity contribution is 7.62. The third-order valence-corrected chi connectivity index (χ3v) is 10.4. The summed E-state index contributed by atoms with van der Waals surface area (Å²) in [6.45, 7) is 0.666. The molecule has 1 aromatic heterocycles. The Morgan fingerprint density at radius 1 is 1.12 bits per heavy atom. The molecule has 0 saturated carbocycles. The van der Waals surface area contributed by atoms with Crippen molar-refractivity contribution in [1.82, 2.24) is 14.5 Å². The molecule has 10 heteroatoms. The van der Waals surface area contributed by atoms with Gasteiger partial charge < -0.3 is 18.8 Å². The molecule has 0 aliphatic carbocycles. The Hall–Kier alpha value is -3.58. The predicted molar refractivity (Wildman–Crippen MR) is 148 cm³/mol. The van der Waals surface area contributed by atoms with Crippen LogP contribution in [-0.2, 0) is 4.57 Å². The fraction of sp³-hybridized carbons (Fsp3) is 0.333. The number of aromatic nitrogens is 2. The second-order valence-corrected chi connectivity index (χ2v) is 14.5. The molecule has 1 amide bonds. The highest BCUT2D eigenvalue weighted by Gasteiger charge is 2.45. The molecular formula is C30H29F3N3O3P. The lowest BCUT2D eigenvalue weighted by Crippen LogP contribution is -2.30. The fourth-order valence-corrected chi connectivity index (χ4v) is 6.82. The van der Waals surface area contributed by atoms with E-state index in [0.717, 1.165) is 4.90 Å². The van der Waals surface area contributed by atoms with Gasteiger partial charge in [-0.25, -0.2) is 9.37 Å². The van der Waals surface area contributed by atoms with E-state index in [2.05, 4.69) is 0 Å². The minimum absolute atomic E-state index is 0.0304. The van der Waals surface area contributed by atoms with Crippen molar-refractivity contribution in [3.8, 4) is 16.9 Å². The number of hydrogen-bond acceptors (Lipinski definition) is 4. The van der Waals surface area contributed by atoms with Gasteiger partial charge in [-0.15, -0.1) is 0 Å². The number of fused-ring (bicyclic) bond motifs is 9. The summed E-state index contributed by atoms with van der Waals surface area (Å²) in [5, 5.41) is 0. The van der Waals surface area contributed by atoms with Gasteiger partial charge in [0, 0.05) is 34.3 Å². The maximum absolute atomic E-state index is 15.6. The monoisotopic (exact) mass is 570 g/mol. The molecule has 0 saturated heterocycles. The first-order valence-electron chi connectivity index (χ1n) is 14.4. The largest absolute Gasteiger partial charge is 0.434 e. The van der Waals surface area contributed by atoms with Crippen molar-refractivity contribution in [2.75, 3.05) is 20.3 Å². The average molecular weight is 571 g/mol. The van der Waals surface area contributed by atoms with Gasteiger partial charge in [-0.1, -0.05) is 31.2 Å². The maximum Gasteiger partial charge on any atom is 0.387 e. The van der Waals surface area contributed by atoms with E-state index in [-0.39, 0.29) is 23.3 Å². The summed E-state index contributed by atoms with van der Waals surface area (Å²) in [5.74, 6) is -1.15. The zero-order valence-corrected chi connectivity index (χ0v) is 23.2. The number of carbonyl (C=O) groups excluding carboxylic acids is 1. The first-order valence-corrected chi connectivity index (χ1v) is 15.5. The Kier molecular flexibility index (Phi) is 5.34. The molecule has 208 valence electrons. The number of imidazole rings is 1. The van der Waals surface area contributed by atoms with E-state index in [9.17, 15) is 18.1 Å². The molecule has 0 spiro atoms. The number of amides is 1. The van der Waals surface area contributed by atoms with Crippen molar-refractivity contribution < 1.29 is 31.4 Å². The lowest BCUT2D eigenvalue weighted by molar-refractivity contribution is -0.0507. The van der Waals surface area contributed by atoms with Crippen LogP contribution in [0.1, 0.15) is 68.1 Å². The molecule has 6 nitrogen and oxygen atoms in total. The molecule has 40 heavy (non-hydrogen) atoms. The van der Waals surface area contributed by atoms with Gasteiger partial charge in [-0.2, -0.15) is 8.78 Å². The lowest BCUT2D eigenvalue weighted by atomic mass is 9.95. The molecule has 6 rings (SSSR count). The van der Waals surface area contributed by atoms with Crippen molar-refractivity contribution in [1.29, 1.82) is 0 Å². The van der Waals surface area contributed by atoms with E-state index in [1.807, 2.05) is 0 Å². The van der Waals surface area contributed by atoms with Crippen LogP contribution in [0, 0.1) is 12.7 Å². The van der Waals surface area contributed by atoms with Crippen LogP contribution >= 0.6 is 7.14 Å². The molecular weight excluding hydrogens is 538 g/mol. The Labute approximate surface area is 234 Å². The number of ether oxygens (including phenoxy) is 1. The van der Waals surface area contributed by atoms with Gasteiger partial charge in [0.2, 0.25) is 0 Å². The summed E-state index contributed by atoms with van der Waals surface area (Å²) >= 11 is 0. The zero-order valence-electron chi connectivity index (χ0n) is 25.3. The van der Waals surface area contributed by atoms with Crippen molar-refractivity contribution in [3.05, 3.63) is 82.4 Å². The van der Waals surface area contributed by atoms with Gasteiger partial charge in [0.25, 0.3) is 5.91 Å². The first-order chi connectivity index (χ1) is 20.1. The van der Waals surface area contributed by atoms with E-state index < -0.39 is 50.2 Å². The third-order valence-electron chi connectivity index (χ3n) is 8.26. The number of carbonyl (C=O) groups is 1. The summed E-state index contributed by atoms with van der Waals surface area (Å²) in [7, 11) is -2.60. The van der Waals surface area contributed by atoms with Crippen LogP contribution in [0.2, 0.25) is 0 Å². The van der Waals surface area contributed by atoms with Crippen molar-refractivity contribution in [3.63, 3.8) is 0 Å². The Morgan fingerprint density at radius 2 is 1.90 bits per heavy atom. The summed E-state index contributed by atoms with van der Waals surface area (Å²) in [4.78, 5) is 19.1. The normalized spacial score (nSPS) is 20.6. The third kappa shape index (κ3) is 3.97. The molecule has 2 bridgehead atoms. The van der Waals surface area contributed by atoms with Crippen molar-refractivity contribution in [2.45, 2.75) is 44.6 Å². The van der Waals surface area contributed by atoms with Crippen LogP contribution in [0.4, 0.5) is 13.2 Å². The second kappa shape index (κ2) is 9.23. The highest BCUT2D eigenvalue weighted by Crippen LogP contribution is 2.54. The number of halogens is 3. The quantitative estimate of drug-likeness (QED) is 0.232. The molecule has 0 N–H and O–H groups in total. The molecule has 0 radical (unpaired) electrons. The van der Waals surface area contributed by atoms with Crippen LogP contribution in [-0.4, -0.2) is 47.3 Å². The van der Waals surface area contributed by atoms with Gasteiger partial charge >= 0.3 is 6.61 Å². The minimum Gasteiger partial charge on any atom is -0.434 e. The Balaban J connectivity index is 1.56. The van der Waals surface area contributed by atoms with E-state index >= 15 is 4.39 Å². The lowest BCUT2D eigenvalue weighted by Gasteiger charge is -2.24. The van der Waals surface area contributed by atoms with E-state index in [1.54, 1.807) is 62.1 Å². The Morgan fingerprint density at radius 3 is 2.60 bits per heavy atom. The molecule has 3 aromatic carbocycles. The van der Waals surface area contributed by atoms with E-state index in [0.29, 0.717) is 39.1 Å². The molecule has 3 heterocycles. The van der Waals surface area contributed by atoms with Crippen molar-refractivity contribution >= 4 is 24.1 Å². The molecule has 0 unspecified atom stereocenters. The van der Waals surface area contributed by atoms with E-state index in [4.69, 9.17) is 13.8 Å². The summed E-state index contributed by atoms with van der Waals surface area (Å²) in [6.07, 6.45) is 0.0948. The van der Waals surface area contributed by atoms with Gasteiger partial charge in [0.05, 0.1) is 30.3 Å². The number of nitrogens with zero attached hydrogens (tertiary/aromatic N) is 3. The number of rotatable bonds is 5. The highest BCUT2D eigenvalue weighted by atomic mass is 31.2. The zero-order chi connectivity index (χ0) is 31.2. The number of alkyl halides is 2. The SMILES string of the molecule is [2H]C([2H])([2H])N1C(=O)c2cccc(OC(F)F)c2[C@H]2C[C@@H]1c1nc3ccc(-c4ccc([C@@H](C)P(C)(C)=O)c(F)c4C)cc3n12. The Bertz CT molecular complexity index is 1850. The van der Waals surface area contributed by atoms with E-state index in [1.165, 1.54) is 18.2 Å².